The standard InChI is InChI=1S/C12H14N2/c1-4-8-12-10(5-1)9-13-14(12)11-6-2-3-7-11/h1,4-5,8-9,11H,2-3,6-7H2. The van der Waals surface area contributed by atoms with Crippen LogP contribution in [0.25, 0.3) is 10.9 Å². The van der Waals surface area contributed by atoms with Crippen LogP contribution >= 0.6 is 0 Å². The van der Waals surface area contributed by atoms with Gasteiger partial charge in [-0.05, 0) is 18.9 Å². The van der Waals surface area contributed by atoms with Gasteiger partial charge in [0.25, 0.3) is 0 Å². The number of rotatable bonds is 1. The summed E-state index contributed by atoms with van der Waals surface area (Å²) >= 11 is 0. The normalized spacial score (nSPS) is 18.0. The molecule has 1 heterocycles. The molecule has 1 aliphatic carbocycles. The van der Waals surface area contributed by atoms with E-state index in [2.05, 4.69) is 34.0 Å². The lowest BCUT2D eigenvalue weighted by molar-refractivity contribution is 0.482. The van der Waals surface area contributed by atoms with Gasteiger partial charge in [-0.25, -0.2) is 0 Å². The van der Waals surface area contributed by atoms with Crippen LogP contribution in [0.3, 0.4) is 0 Å². The van der Waals surface area contributed by atoms with Crippen LogP contribution in [-0.4, -0.2) is 9.78 Å². The first-order chi connectivity index (χ1) is 6.95. The summed E-state index contributed by atoms with van der Waals surface area (Å²) < 4.78 is 2.21. The van der Waals surface area contributed by atoms with Crippen molar-refractivity contribution >= 4 is 10.9 Å². The van der Waals surface area contributed by atoms with E-state index in [1.807, 2.05) is 6.20 Å². The first-order valence-electron chi connectivity index (χ1n) is 5.37. The van der Waals surface area contributed by atoms with Crippen LogP contribution in [0.1, 0.15) is 31.7 Å². The van der Waals surface area contributed by atoms with Crippen molar-refractivity contribution in [1.29, 1.82) is 0 Å². The summed E-state index contributed by atoms with van der Waals surface area (Å²) in [5.74, 6) is 0. The van der Waals surface area contributed by atoms with Crippen LogP contribution < -0.4 is 0 Å². The van der Waals surface area contributed by atoms with E-state index in [1.165, 1.54) is 36.6 Å². The Labute approximate surface area is 83.5 Å². The van der Waals surface area contributed by atoms with Gasteiger partial charge in [-0.1, -0.05) is 31.0 Å². The van der Waals surface area contributed by atoms with E-state index in [9.17, 15) is 0 Å². The molecule has 0 saturated heterocycles. The molecule has 2 nitrogen and oxygen atoms in total. The molecule has 2 aromatic rings. The highest BCUT2D eigenvalue weighted by molar-refractivity contribution is 5.78. The zero-order valence-corrected chi connectivity index (χ0v) is 8.19. The highest BCUT2D eigenvalue weighted by Gasteiger charge is 2.18. The summed E-state index contributed by atoms with van der Waals surface area (Å²) in [6, 6.07) is 9.11. The van der Waals surface area contributed by atoms with Crippen LogP contribution in [-0.2, 0) is 0 Å². The highest BCUT2D eigenvalue weighted by Crippen LogP contribution is 2.31. The molecule has 0 aliphatic heterocycles. The molecular formula is C12H14N2. The predicted molar refractivity (Wildman–Crippen MR) is 57.2 cm³/mol. The van der Waals surface area contributed by atoms with Crippen molar-refractivity contribution in [1.82, 2.24) is 9.78 Å². The molecule has 0 unspecified atom stereocenters. The van der Waals surface area contributed by atoms with Crippen molar-refractivity contribution in [2.24, 2.45) is 0 Å². The second kappa shape index (κ2) is 3.12. The second-order valence-electron chi connectivity index (χ2n) is 4.09. The van der Waals surface area contributed by atoms with E-state index in [-0.39, 0.29) is 0 Å². The maximum absolute atomic E-state index is 4.49. The topological polar surface area (TPSA) is 17.8 Å². The number of benzene rings is 1. The van der Waals surface area contributed by atoms with E-state index in [0.717, 1.165) is 0 Å². The first-order valence-corrected chi connectivity index (χ1v) is 5.37. The van der Waals surface area contributed by atoms with Crippen LogP contribution in [0.2, 0.25) is 0 Å². The van der Waals surface area contributed by atoms with Gasteiger partial charge in [0.1, 0.15) is 0 Å². The SMILES string of the molecule is c1ccc2c(c1)cnn2C1CCCC1. The Kier molecular flexibility index (Phi) is 1.79. The molecule has 72 valence electrons. The van der Waals surface area contributed by atoms with Crippen molar-refractivity contribution in [3.63, 3.8) is 0 Å². The fraction of sp³-hybridized carbons (Fsp3) is 0.417. The molecule has 1 fully saturated rings. The molecule has 1 aliphatic rings. The summed E-state index contributed by atoms with van der Waals surface area (Å²) in [7, 11) is 0. The van der Waals surface area contributed by atoms with Gasteiger partial charge >= 0.3 is 0 Å². The van der Waals surface area contributed by atoms with Gasteiger partial charge in [0.15, 0.2) is 0 Å². The van der Waals surface area contributed by atoms with Gasteiger partial charge in [0.2, 0.25) is 0 Å². The molecule has 0 amide bonds. The number of nitrogens with zero attached hydrogens (tertiary/aromatic N) is 2. The summed E-state index contributed by atoms with van der Waals surface area (Å²) in [6.07, 6.45) is 7.29. The summed E-state index contributed by atoms with van der Waals surface area (Å²) in [4.78, 5) is 0. The van der Waals surface area contributed by atoms with Crippen molar-refractivity contribution in [3.05, 3.63) is 30.5 Å². The van der Waals surface area contributed by atoms with Gasteiger partial charge in [-0.15, -0.1) is 0 Å². The molecule has 0 bridgehead atoms. The molecule has 1 saturated carbocycles. The largest absolute Gasteiger partial charge is 0.262 e. The minimum atomic E-state index is 0.648. The first kappa shape index (κ1) is 8.04. The van der Waals surface area contributed by atoms with Gasteiger partial charge in [-0.2, -0.15) is 5.10 Å². The molecule has 2 heteroatoms. The highest BCUT2D eigenvalue weighted by atomic mass is 15.3. The molecule has 0 atom stereocenters. The van der Waals surface area contributed by atoms with E-state index < -0.39 is 0 Å². The van der Waals surface area contributed by atoms with Crippen molar-refractivity contribution in [3.8, 4) is 0 Å². The lowest BCUT2D eigenvalue weighted by Gasteiger charge is -2.10. The molecule has 0 radical (unpaired) electrons. The van der Waals surface area contributed by atoms with Crippen molar-refractivity contribution < 1.29 is 0 Å². The lowest BCUT2D eigenvalue weighted by atomic mass is 10.2. The van der Waals surface area contributed by atoms with Crippen LogP contribution in [0, 0.1) is 0 Å². The van der Waals surface area contributed by atoms with Crippen LogP contribution in [0.4, 0.5) is 0 Å². The van der Waals surface area contributed by atoms with Gasteiger partial charge in [0, 0.05) is 5.39 Å². The summed E-state index contributed by atoms with van der Waals surface area (Å²) in [5, 5.41) is 5.76. The Balaban J connectivity index is 2.11. The minimum absolute atomic E-state index is 0.648. The number of hydrogen-bond donors (Lipinski definition) is 0. The zero-order chi connectivity index (χ0) is 9.38. The number of hydrogen-bond acceptors (Lipinski definition) is 1. The Morgan fingerprint density at radius 2 is 1.93 bits per heavy atom. The lowest BCUT2D eigenvalue weighted by Crippen LogP contribution is -2.05. The van der Waals surface area contributed by atoms with Gasteiger partial charge in [0.05, 0.1) is 17.8 Å². The third kappa shape index (κ3) is 1.14. The number of fused-ring (bicyclic) bond motifs is 1. The maximum Gasteiger partial charge on any atom is 0.0685 e. The third-order valence-corrected chi connectivity index (χ3v) is 3.18. The average Bonchev–Trinajstić information content (AvgIpc) is 2.85. The molecule has 1 aromatic carbocycles. The molecule has 14 heavy (non-hydrogen) atoms. The molecular weight excluding hydrogens is 172 g/mol. The zero-order valence-electron chi connectivity index (χ0n) is 8.19. The second-order valence-corrected chi connectivity index (χ2v) is 4.09. The van der Waals surface area contributed by atoms with E-state index in [0.29, 0.717) is 6.04 Å². The monoisotopic (exact) mass is 186 g/mol. The minimum Gasteiger partial charge on any atom is -0.262 e. The summed E-state index contributed by atoms with van der Waals surface area (Å²) in [6.45, 7) is 0. The third-order valence-electron chi connectivity index (χ3n) is 3.18. The summed E-state index contributed by atoms with van der Waals surface area (Å²) in [5.41, 5.74) is 1.29. The fourth-order valence-electron chi connectivity index (χ4n) is 2.43. The van der Waals surface area contributed by atoms with Crippen molar-refractivity contribution in [2.45, 2.75) is 31.7 Å². The molecule has 0 spiro atoms. The molecule has 3 rings (SSSR count). The molecule has 0 N–H and O–H groups in total. The van der Waals surface area contributed by atoms with E-state index >= 15 is 0 Å². The molecule has 1 aromatic heterocycles. The maximum atomic E-state index is 4.49. The van der Waals surface area contributed by atoms with Gasteiger partial charge in [-0.3, -0.25) is 4.68 Å². The smallest absolute Gasteiger partial charge is 0.0685 e. The Bertz CT molecular complexity index is 438. The Morgan fingerprint density at radius 1 is 1.14 bits per heavy atom. The average molecular weight is 186 g/mol. The number of para-hydroxylation sites is 1. The Hall–Kier alpha value is -1.31. The Morgan fingerprint density at radius 3 is 2.79 bits per heavy atom. The fourth-order valence-corrected chi connectivity index (χ4v) is 2.43. The van der Waals surface area contributed by atoms with Crippen LogP contribution in [0.5, 0.6) is 0 Å². The van der Waals surface area contributed by atoms with Crippen LogP contribution in [0.15, 0.2) is 30.5 Å². The van der Waals surface area contributed by atoms with E-state index in [4.69, 9.17) is 0 Å². The van der Waals surface area contributed by atoms with Gasteiger partial charge < -0.3 is 0 Å². The van der Waals surface area contributed by atoms with Crippen molar-refractivity contribution in [2.75, 3.05) is 0 Å². The number of aromatic nitrogens is 2. The van der Waals surface area contributed by atoms with E-state index in [1.54, 1.807) is 0 Å². The predicted octanol–water partition coefficient (Wildman–Crippen LogP) is 3.15. The quantitative estimate of drug-likeness (QED) is 0.669.